The molecule has 0 aliphatic heterocycles. The van der Waals surface area contributed by atoms with Crippen LogP contribution in [0.4, 0.5) is 0 Å². The van der Waals surface area contributed by atoms with Crippen LogP contribution in [0.2, 0.25) is 0 Å². The van der Waals surface area contributed by atoms with Gasteiger partial charge in [-0.2, -0.15) is 0 Å². The zero-order chi connectivity index (χ0) is 65.8. The van der Waals surface area contributed by atoms with Gasteiger partial charge in [0.1, 0.15) is 24.4 Å². The van der Waals surface area contributed by atoms with Gasteiger partial charge in [0.2, 0.25) is 23.6 Å². The lowest BCUT2D eigenvalue weighted by atomic mass is 9.98. The molecule has 16 heteroatoms. The van der Waals surface area contributed by atoms with E-state index in [-0.39, 0.29) is 71.9 Å². The third kappa shape index (κ3) is 36.9. The number of amides is 4. The molecule has 2 N–H and O–H groups in total. The van der Waals surface area contributed by atoms with E-state index in [1.807, 2.05) is 19.0 Å². The highest BCUT2D eigenvalue weighted by molar-refractivity contribution is 5.93. The topological polar surface area (TPSA) is 204 Å². The summed E-state index contributed by atoms with van der Waals surface area (Å²) in [6.45, 7) is 34.7. The van der Waals surface area contributed by atoms with Gasteiger partial charge in [-0.05, 0) is 194 Å². The average Bonchev–Trinajstić information content (AvgIpc) is 4.56. The number of ether oxygens (including phenoxy) is 4. The smallest absolute Gasteiger partial charge is 0.333 e. The van der Waals surface area contributed by atoms with E-state index in [9.17, 15) is 38.4 Å². The van der Waals surface area contributed by atoms with Gasteiger partial charge in [0.25, 0.3) is 0 Å². The minimum atomic E-state index is -0.285. The Kier molecular flexibility index (Phi) is 43.2. The Balaban J connectivity index is 0.000000503. The quantitative estimate of drug-likeness (QED) is 0.0842. The van der Waals surface area contributed by atoms with Gasteiger partial charge in [0.05, 0.1) is 0 Å². The van der Waals surface area contributed by atoms with E-state index in [0.717, 1.165) is 103 Å². The highest BCUT2D eigenvalue weighted by Gasteiger charge is 2.25. The highest BCUT2D eigenvalue weighted by atomic mass is 16.6. The van der Waals surface area contributed by atoms with E-state index in [1.165, 1.54) is 140 Å². The maximum Gasteiger partial charge on any atom is 0.333 e. The molecule has 0 heterocycles. The molecule has 8 saturated carbocycles. The van der Waals surface area contributed by atoms with Crippen molar-refractivity contribution in [1.29, 1.82) is 0 Å². The molecular formula is C72H116N4O12. The number of rotatable bonds is 16. The molecule has 0 atom stereocenters. The molecule has 0 aromatic heterocycles. The van der Waals surface area contributed by atoms with Crippen molar-refractivity contribution in [2.45, 2.75) is 295 Å². The lowest BCUT2D eigenvalue weighted by Crippen LogP contribution is -2.35. The predicted octanol–water partition coefficient (Wildman–Crippen LogP) is 14.6. The monoisotopic (exact) mass is 1230 g/mol. The standard InChI is InChI=1S/C10H17NO.C10H16O2.2C9H15NO.2C9H14O2.C8H13NO.C8H12O2/c1-8(2)10(12)11(3)9-6-4-5-7-9;1-8(2)10(11)12-9-6-4-3-5-7-9;1-7(2)9(11)10-8-5-3-4-6-8;1-3-9(11)10(2)8-6-4-5-7-8;1-7(2)9(10)11-8-5-3-4-6-8;1-2-9(10)11-8-6-4-3-5-7-8;1-2-8(10)9-7-5-3-4-6-7;1-2-8(9)10-7-5-3-4-6-7/h9H,1,4-7H2,2-3H3;9H,1,3-7H2,2H3;8H,1,3-6H2,2H3,(H,10,11);3,8H,1,4-7H2,2H3;8H,1,3-6H2,2H3;2,8H,1,3-7H2;2,7H,1,3-6H2,(H,9,10);2,7H,1,3-6H2. The average molecular weight is 1230 g/mol. The SMILES string of the molecule is C=C(C)C(=O)N(C)C1CCCC1.C=C(C)C(=O)NC1CCCC1.C=C(C)C(=O)OC1CCCC1.C=C(C)C(=O)OC1CCCCC1.C=CC(=O)N(C)C1CCCC1.C=CC(=O)NC1CCCC1.C=CC(=O)OC1CCCC1.C=CC(=O)OC1CCCCC1. The molecule has 0 radical (unpaired) electrons. The van der Waals surface area contributed by atoms with Crippen molar-refractivity contribution in [2.75, 3.05) is 14.1 Å². The van der Waals surface area contributed by atoms with Gasteiger partial charge in [0.15, 0.2) is 0 Å². The van der Waals surface area contributed by atoms with Crippen LogP contribution in [0.25, 0.3) is 0 Å². The summed E-state index contributed by atoms with van der Waals surface area (Å²) in [5.74, 6) is -0.912. The van der Waals surface area contributed by atoms with Gasteiger partial charge in [-0.25, -0.2) is 19.2 Å². The van der Waals surface area contributed by atoms with Gasteiger partial charge in [-0.1, -0.05) is 117 Å². The van der Waals surface area contributed by atoms with Gasteiger partial charge in [0, 0.05) is 72.7 Å². The Labute approximate surface area is 530 Å². The largest absolute Gasteiger partial charge is 0.459 e. The minimum Gasteiger partial charge on any atom is -0.459 e. The van der Waals surface area contributed by atoms with Crippen molar-refractivity contribution in [1.82, 2.24) is 20.4 Å². The number of carbonyl (C=O) groups is 8. The van der Waals surface area contributed by atoms with E-state index in [0.29, 0.717) is 46.5 Å². The second-order valence-corrected chi connectivity index (χ2v) is 24.6. The molecule has 0 unspecified atom stereocenters. The van der Waals surface area contributed by atoms with Crippen molar-refractivity contribution in [3.05, 3.63) is 99.2 Å². The Morgan fingerprint density at radius 3 is 0.943 bits per heavy atom. The lowest BCUT2D eigenvalue weighted by molar-refractivity contribution is -0.146. The second-order valence-electron chi connectivity index (χ2n) is 24.6. The number of carbonyl (C=O) groups excluding carboxylic acids is 8. The zero-order valence-electron chi connectivity index (χ0n) is 55.4. The molecule has 0 spiro atoms. The fourth-order valence-corrected chi connectivity index (χ4v) is 11.4. The Hall–Kier alpha value is -6.32. The first-order chi connectivity index (χ1) is 42.0. The number of likely N-dealkylation sites (N-methyl/N-ethyl adjacent to an activating group) is 2. The molecule has 0 bridgehead atoms. The first-order valence-corrected chi connectivity index (χ1v) is 33.1. The van der Waals surface area contributed by atoms with Crippen molar-refractivity contribution >= 4 is 47.5 Å². The van der Waals surface area contributed by atoms with Gasteiger partial charge >= 0.3 is 23.9 Å². The predicted molar refractivity (Wildman–Crippen MR) is 354 cm³/mol. The summed E-state index contributed by atoms with van der Waals surface area (Å²) in [6, 6.07) is 1.78. The van der Waals surface area contributed by atoms with Crippen LogP contribution in [0, 0.1) is 0 Å². The van der Waals surface area contributed by atoms with Crippen molar-refractivity contribution in [2.24, 2.45) is 0 Å². The maximum absolute atomic E-state index is 11.5. The van der Waals surface area contributed by atoms with Gasteiger partial charge in [-0.15, -0.1) is 0 Å². The molecule has 8 fully saturated rings. The van der Waals surface area contributed by atoms with Gasteiger partial charge in [-0.3, -0.25) is 19.2 Å². The fourth-order valence-electron chi connectivity index (χ4n) is 11.4. The van der Waals surface area contributed by atoms with Crippen molar-refractivity contribution in [3.63, 3.8) is 0 Å². The number of hydrogen-bond donors (Lipinski definition) is 2. The fraction of sp³-hybridized carbons (Fsp3) is 0.667. The van der Waals surface area contributed by atoms with Crippen molar-refractivity contribution in [3.8, 4) is 0 Å². The zero-order valence-corrected chi connectivity index (χ0v) is 55.4. The lowest BCUT2D eigenvalue weighted by Gasteiger charge is -2.24. The molecule has 8 aliphatic carbocycles. The number of hydrogen-bond acceptors (Lipinski definition) is 12. The number of nitrogens with zero attached hydrogens (tertiary/aromatic N) is 2. The molecular weight excluding hydrogens is 1110 g/mol. The summed E-state index contributed by atoms with van der Waals surface area (Å²) in [5.41, 5.74) is 2.25. The van der Waals surface area contributed by atoms with Crippen LogP contribution in [0.5, 0.6) is 0 Å². The molecule has 8 aliphatic rings. The molecule has 0 aromatic carbocycles. The summed E-state index contributed by atoms with van der Waals surface area (Å²) >= 11 is 0. The normalized spacial score (nSPS) is 18.5. The summed E-state index contributed by atoms with van der Waals surface area (Å²) in [7, 11) is 3.74. The van der Waals surface area contributed by atoms with E-state index in [1.54, 1.807) is 32.6 Å². The first kappa shape index (κ1) is 79.7. The van der Waals surface area contributed by atoms with E-state index in [4.69, 9.17) is 18.9 Å². The summed E-state index contributed by atoms with van der Waals surface area (Å²) < 4.78 is 20.4. The number of nitrogens with one attached hydrogen (secondary N) is 2. The van der Waals surface area contributed by atoms with Crippen LogP contribution < -0.4 is 10.6 Å². The van der Waals surface area contributed by atoms with Crippen molar-refractivity contribution < 1.29 is 57.3 Å². The van der Waals surface area contributed by atoms with E-state index < -0.39 is 0 Å². The van der Waals surface area contributed by atoms with E-state index >= 15 is 0 Å². The molecule has 88 heavy (non-hydrogen) atoms. The van der Waals surface area contributed by atoms with Crippen LogP contribution in [0.1, 0.15) is 246 Å². The Bertz CT molecular complexity index is 2130. The minimum absolute atomic E-state index is 0.0110. The molecule has 0 aromatic rings. The molecule has 496 valence electrons. The Morgan fingerprint density at radius 1 is 0.352 bits per heavy atom. The second kappa shape index (κ2) is 47.7. The third-order valence-electron chi connectivity index (χ3n) is 16.8. The van der Waals surface area contributed by atoms with Crippen LogP contribution in [0.3, 0.4) is 0 Å². The maximum atomic E-state index is 11.5. The molecule has 16 nitrogen and oxygen atoms in total. The van der Waals surface area contributed by atoms with E-state index in [2.05, 4.69) is 63.3 Å². The summed E-state index contributed by atoms with van der Waals surface area (Å²) in [4.78, 5) is 91.5. The third-order valence-corrected chi connectivity index (χ3v) is 16.8. The summed E-state index contributed by atoms with van der Waals surface area (Å²) in [5, 5.41) is 5.81. The van der Waals surface area contributed by atoms with Crippen LogP contribution in [-0.2, 0) is 57.3 Å². The molecule has 4 amide bonds. The first-order valence-electron chi connectivity index (χ1n) is 33.1. The molecule has 8 rings (SSSR count). The summed E-state index contributed by atoms with van der Waals surface area (Å²) in [6.07, 6.45) is 45.4. The number of esters is 4. The highest BCUT2D eigenvalue weighted by Crippen LogP contribution is 2.26. The van der Waals surface area contributed by atoms with Crippen LogP contribution in [0.15, 0.2) is 99.2 Å². The molecule has 0 saturated heterocycles. The Morgan fingerprint density at radius 2 is 0.648 bits per heavy atom. The van der Waals surface area contributed by atoms with Gasteiger partial charge < -0.3 is 39.4 Å². The van der Waals surface area contributed by atoms with Crippen LogP contribution in [-0.4, -0.2) is 120 Å². The van der Waals surface area contributed by atoms with Crippen LogP contribution >= 0.6 is 0 Å².